The first-order valence-corrected chi connectivity index (χ1v) is 7.37. The van der Waals surface area contributed by atoms with Gasteiger partial charge in [0, 0.05) is 6.08 Å². The maximum atomic E-state index is 11.2. The lowest BCUT2D eigenvalue weighted by Gasteiger charge is -2.18. The number of carbonyl (C=O) groups excluding carboxylic acids is 1. The van der Waals surface area contributed by atoms with Crippen molar-refractivity contribution in [1.82, 2.24) is 0 Å². The Hall–Kier alpha value is -0.950. The minimum Gasteiger partial charge on any atom is -0.463 e. The number of esters is 1. The van der Waals surface area contributed by atoms with Crippen LogP contribution in [0.2, 0.25) is 0 Å². The average Bonchev–Trinajstić information content (AvgIpc) is 3.13. The largest absolute Gasteiger partial charge is 0.463 e. The maximum Gasteiger partial charge on any atom is 0.330 e. The second-order valence-electron chi connectivity index (χ2n) is 6.02. The van der Waals surface area contributed by atoms with E-state index in [2.05, 4.69) is 0 Å². The van der Waals surface area contributed by atoms with E-state index in [-0.39, 0.29) is 24.5 Å². The molecule has 0 unspecified atom stereocenters. The van der Waals surface area contributed by atoms with E-state index in [4.69, 9.17) is 14.2 Å². The highest BCUT2D eigenvalue weighted by Gasteiger charge is 2.52. The van der Waals surface area contributed by atoms with Crippen LogP contribution < -0.4 is 0 Å². The number of carbonyl (C=O) groups is 1. The summed E-state index contributed by atoms with van der Waals surface area (Å²) in [5.74, 6) is -0.947. The molecule has 2 fully saturated rings. The Bertz CT molecular complexity index is 405. The van der Waals surface area contributed by atoms with Crippen molar-refractivity contribution in [2.24, 2.45) is 11.8 Å². The van der Waals surface area contributed by atoms with Crippen LogP contribution in [-0.4, -0.2) is 53.5 Å². The molecule has 0 aromatic heterocycles. The van der Waals surface area contributed by atoms with Crippen molar-refractivity contribution in [3.8, 4) is 0 Å². The molecule has 21 heavy (non-hydrogen) atoms. The molecule has 120 valence electrons. The van der Waals surface area contributed by atoms with E-state index >= 15 is 0 Å². The van der Waals surface area contributed by atoms with Crippen molar-refractivity contribution < 1.29 is 29.2 Å². The SMILES string of the molecule is CCOC(=O)/C=C/[C@@H](O)[C@H](O)[C@@H]1C[C@H]1[C@H]1COC(C)(C)O1. The van der Waals surface area contributed by atoms with Crippen LogP contribution in [0, 0.1) is 11.8 Å². The normalized spacial score (nSPS) is 33.9. The van der Waals surface area contributed by atoms with Crippen LogP contribution in [0.15, 0.2) is 12.2 Å². The third-order valence-corrected chi connectivity index (χ3v) is 3.90. The van der Waals surface area contributed by atoms with Gasteiger partial charge >= 0.3 is 5.97 Å². The molecular weight excluding hydrogens is 276 g/mol. The van der Waals surface area contributed by atoms with E-state index in [0.29, 0.717) is 6.61 Å². The van der Waals surface area contributed by atoms with Crippen LogP contribution >= 0.6 is 0 Å². The molecule has 1 aliphatic carbocycles. The molecule has 0 radical (unpaired) electrons. The lowest BCUT2D eigenvalue weighted by atomic mass is 10.1. The third kappa shape index (κ3) is 4.26. The first-order valence-electron chi connectivity index (χ1n) is 7.37. The summed E-state index contributed by atoms with van der Waals surface area (Å²) < 4.78 is 16.0. The number of ether oxygens (including phenoxy) is 3. The number of hydrogen-bond acceptors (Lipinski definition) is 6. The molecule has 6 nitrogen and oxygen atoms in total. The van der Waals surface area contributed by atoms with Gasteiger partial charge in [-0.2, -0.15) is 0 Å². The highest BCUT2D eigenvalue weighted by atomic mass is 16.7. The van der Waals surface area contributed by atoms with Crippen LogP contribution in [0.5, 0.6) is 0 Å². The van der Waals surface area contributed by atoms with E-state index in [1.807, 2.05) is 13.8 Å². The molecule has 1 saturated carbocycles. The van der Waals surface area contributed by atoms with E-state index in [9.17, 15) is 15.0 Å². The standard InChI is InChI=1S/C15H24O6/c1-4-19-13(17)6-5-11(16)14(18)10-7-9(10)12-8-20-15(2,3)21-12/h5-6,9-12,14,16,18H,4,7-8H2,1-3H3/b6-5+/t9-,10-,11-,12-,14-/m1/s1. The van der Waals surface area contributed by atoms with E-state index in [1.54, 1.807) is 6.92 Å². The van der Waals surface area contributed by atoms with Crippen LogP contribution in [0.1, 0.15) is 27.2 Å². The lowest BCUT2D eigenvalue weighted by Crippen LogP contribution is -2.29. The monoisotopic (exact) mass is 300 g/mol. The molecule has 0 spiro atoms. The van der Waals surface area contributed by atoms with Crippen LogP contribution in [0.25, 0.3) is 0 Å². The fourth-order valence-electron chi connectivity index (χ4n) is 2.72. The van der Waals surface area contributed by atoms with E-state index < -0.39 is 24.0 Å². The molecule has 1 saturated heterocycles. The van der Waals surface area contributed by atoms with Gasteiger partial charge in [0.2, 0.25) is 0 Å². The van der Waals surface area contributed by atoms with Crippen LogP contribution in [0.4, 0.5) is 0 Å². The van der Waals surface area contributed by atoms with Gasteiger partial charge in [0.1, 0.15) is 0 Å². The zero-order valence-electron chi connectivity index (χ0n) is 12.7. The summed E-state index contributed by atoms with van der Waals surface area (Å²) in [7, 11) is 0. The van der Waals surface area contributed by atoms with Gasteiger partial charge in [-0.15, -0.1) is 0 Å². The molecule has 0 bridgehead atoms. The summed E-state index contributed by atoms with van der Waals surface area (Å²) >= 11 is 0. The molecule has 5 atom stereocenters. The molecule has 0 aromatic carbocycles. The molecule has 6 heteroatoms. The summed E-state index contributed by atoms with van der Waals surface area (Å²) in [5, 5.41) is 20.0. The number of aliphatic hydroxyl groups is 2. The summed E-state index contributed by atoms with van der Waals surface area (Å²) in [4.78, 5) is 11.2. The Morgan fingerprint density at radius 2 is 2.19 bits per heavy atom. The van der Waals surface area contributed by atoms with Gasteiger partial charge in [-0.1, -0.05) is 0 Å². The Morgan fingerprint density at radius 3 is 2.76 bits per heavy atom. The van der Waals surface area contributed by atoms with Crippen molar-refractivity contribution in [2.75, 3.05) is 13.2 Å². The van der Waals surface area contributed by atoms with E-state index in [0.717, 1.165) is 12.5 Å². The molecule has 0 amide bonds. The zero-order chi connectivity index (χ0) is 15.6. The fourth-order valence-corrected chi connectivity index (χ4v) is 2.72. The van der Waals surface area contributed by atoms with Gasteiger partial charge in [0.15, 0.2) is 5.79 Å². The van der Waals surface area contributed by atoms with Gasteiger partial charge in [-0.25, -0.2) is 4.79 Å². The Balaban J connectivity index is 1.80. The Labute approximate surface area is 124 Å². The fraction of sp³-hybridized carbons (Fsp3) is 0.800. The van der Waals surface area contributed by atoms with Crippen molar-refractivity contribution in [1.29, 1.82) is 0 Å². The Kier molecular flexibility index (Phi) is 5.03. The van der Waals surface area contributed by atoms with Gasteiger partial charge in [-0.05, 0) is 45.1 Å². The van der Waals surface area contributed by atoms with Crippen LogP contribution in [0.3, 0.4) is 0 Å². The number of aliphatic hydroxyl groups excluding tert-OH is 2. The van der Waals surface area contributed by atoms with Crippen molar-refractivity contribution >= 4 is 5.97 Å². The van der Waals surface area contributed by atoms with Gasteiger partial charge in [0.25, 0.3) is 0 Å². The molecular formula is C15H24O6. The molecule has 0 aromatic rings. The first-order chi connectivity index (χ1) is 9.84. The summed E-state index contributed by atoms with van der Waals surface area (Å²) in [5.41, 5.74) is 0. The second kappa shape index (κ2) is 6.44. The molecule has 2 N–H and O–H groups in total. The summed E-state index contributed by atoms with van der Waals surface area (Å²) in [6, 6.07) is 0. The summed E-state index contributed by atoms with van der Waals surface area (Å²) in [6.45, 7) is 6.21. The number of rotatable bonds is 6. The van der Waals surface area contributed by atoms with Crippen molar-refractivity contribution in [3.63, 3.8) is 0 Å². The van der Waals surface area contributed by atoms with Gasteiger partial charge in [-0.3, -0.25) is 0 Å². The molecule has 2 aliphatic rings. The van der Waals surface area contributed by atoms with Crippen LogP contribution in [-0.2, 0) is 19.0 Å². The second-order valence-corrected chi connectivity index (χ2v) is 6.02. The topological polar surface area (TPSA) is 85.2 Å². The van der Waals surface area contributed by atoms with Crippen molar-refractivity contribution in [2.45, 2.75) is 51.3 Å². The lowest BCUT2D eigenvalue weighted by molar-refractivity contribution is -0.141. The quantitative estimate of drug-likeness (QED) is 0.552. The van der Waals surface area contributed by atoms with Gasteiger partial charge < -0.3 is 24.4 Å². The predicted molar refractivity (Wildman–Crippen MR) is 74.3 cm³/mol. The minimum absolute atomic E-state index is 0.0330. The zero-order valence-corrected chi connectivity index (χ0v) is 12.7. The maximum absolute atomic E-state index is 11.2. The highest BCUT2D eigenvalue weighted by molar-refractivity contribution is 5.81. The molecule has 1 aliphatic heterocycles. The average molecular weight is 300 g/mol. The molecule has 1 heterocycles. The van der Waals surface area contributed by atoms with E-state index in [1.165, 1.54) is 6.08 Å². The smallest absolute Gasteiger partial charge is 0.330 e. The van der Waals surface area contributed by atoms with Crippen molar-refractivity contribution in [3.05, 3.63) is 12.2 Å². The van der Waals surface area contributed by atoms with Gasteiger partial charge in [0.05, 0.1) is 31.5 Å². The Morgan fingerprint density at radius 1 is 1.48 bits per heavy atom. The minimum atomic E-state index is -1.08. The summed E-state index contributed by atoms with van der Waals surface area (Å²) in [6.07, 6.45) is 1.17. The predicted octanol–water partition coefficient (Wildman–Crippen LogP) is 0.615. The highest BCUT2D eigenvalue weighted by Crippen LogP contribution is 2.48. The number of hydrogen-bond donors (Lipinski definition) is 2. The molecule has 2 rings (SSSR count). The first kappa shape index (κ1) is 16.4. The third-order valence-electron chi connectivity index (χ3n) is 3.90.